The normalized spacial score (nSPS) is 13.3. The molecule has 1 aliphatic carbocycles. The molecule has 1 heterocycles. The van der Waals surface area contributed by atoms with Gasteiger partial charge in [-0.15, -0.1) is 0 Å². The van der Waals surface area contributed by atoms with Crippen LogP contribution in [0.4, 0.5) is 11.4 Å². The van der Waals surface area contributed by atoms with E-state index in [0.29, 0.717) is 12.2 Å². The van der Waals surface area contributed by atoms with Gasteiger partial charge in [0.2, 0.25) is 0 Å². The Balaban J connectivity index is 1.29. The molecule has 1 aromatic heterocycles. The Hall–Kier alpha value is -3.34. The lowest BCUT2D eigenvalue weighted by Gasteiger charge is -2.25. The zero-order valence-corrected chi connectivity index (χ0v) is 17.0. The topological polar surface area (TPSA) is 63.2 Å². The highest BCUT2D eigenvalue weighted by atomic mass is 16.5. The van der Waals surface area contributed by atoms with Crippen molar-refractivity contribution in [3.05, 3.63) is 84.2 Å². The molecular formula is C25H27N3O2. The number of aromatic nitrogens is 1. The summed E-state index contributed by atoms with van der Waals surface area (Å²) in [6.45, 7) is 1.19. The van der Waals surface area contributed by atoms with Gasteiger partial charge in [0, 0.05) is 29.7 Å². The highest BCUT2D eigenvalue weighted by molar-refractivity contribution is 5.95. The van der Waals surface area contributed by atoms with Crippen molar-refractivity contribution in [2.24, 2.45) is 5.92 Å². The van der Waals surface area contributed by atoms with Crippen LogP contribution in [0.2, 0.25) is 0 Å². The van der Waals surface area contributed by atoms with Crippen molar-refractivity contribution in [1.29, 1.82) is 0 Å². The molecular weight excluding hydrogens is 374 g/mol. The van der Waals surface area contributed by atoms with E-state index in [0.717, 1.165) is 41.7 Å². The van der Waals surface area contributed by atoms with Crippen LogP contribution in [0, 0.1) is 5.92 Å². The van der Waals surface area contributed by atoms with Crippen LogP contribution in [0.3, 0.4) is 0 Å². The van der Waals surface area contributed by atoms with E-state index in [1.54, 1.807) is 6.20 Å². The van der Waals surface area contributed by atoms with Gasteiger partial charge in [-0.3, -0.25) is 9.78 Å². The third-order valence-corrected chi connectivity index (χ3v) is 5.44. The second kappa shape index (κ2) is 9.92. The number of anilines is 2. The lowest BCUT2D eigenvalue weighted by Crippen LogP contribution is -2.27. The Kier molecular flexibility index (Phi) is 6.60. The minimum atomic E-state index is -0.0174. The Morgan fingerprint density at radius 2 is 1.87 bits per heavy atom. The molecule has 154 valence electrons. The Labute approximate surface area is 177 Å². The molecule has 0 saturated heterocycles. The van der Waals surface area contributed by atoms with E-state index in [1.807, 2.05) is 66.7 Å². The number of pyridine rings is 1. The molecule has 1 fully saturated rings. The molecule has 0 bridgehead atoms. The summed E-state index contributed by atoms with van der Waals surface area (Å²) in [7, 11) is 0. The third-order valence-electron chi connectivity index (χ3n) is 5.44. The second-order valence-electron chi connectivity index (χ2n) is 7.68. The summed E-state index contributed by atoms with van der Waals surface area (Å²) in [5.41, 5.74) is 3.37. The van der Waals surface area contributed by atoms with Crippen LogP contribution in [-0.4, -0.2) is 17.4 Å². The number of carbonyl (C=O) groups excluding carboxylic acids is 1. The van der Waals surface area contributed by atoms with Crippen LogP contribution in [0.1, 0.15) is 41.7 Å². The minimum Gasteiger partial charge on any atom is -0.487 e. The summed E-state index contributed by atoms with van der Waals surface area (Å²) in [5, 5.41) is 6.38. The fraction of sp³-hybridized carbons (Fsp3) is 0.280. The van der Waals surface area contributed by atoms with E-state index in [4.69, 9.17) is 4.74 Å². The van der Waals surface area contributed by atoms with Crippen LogP contribution >= 0.6 is 0 Å². The molecule has 0 atom stereocenters. The van der Waals surface area contributed by atoms with E-state index in [1.165, 1.54) is 19.3 Å². The van der Waals surface area contributed by atoms with Gasteiger partial charge in [0.05, 0.1) is 5.69 Å². The highest BCUT2D eigenvalue weighted by Gasteiger charge is 2.17. The monoisotopic (exact) mass is 401 g/mol. The van der Waals surface area contributed by atoms with Gasteiger partial charge in [-0.05, 0) is 66.9 Å². The van der Waals surface area contributed by atoms with Crippen molar-refractivity contribution in [3.63, 3.8) is 0 Å². The summed E-state index contributed by atoms with van der Waals surface area (Å²) in [4.78, 5) is 16.7. The highest BCUT2D eigenvalue weighted by Crippen LogP contribution is 2.28. The molecule has 0 radical (unpaired) electrons. The first-order valence-corrected chi connectivity index (χ1v) is 10.5. The van der Waals surface area contributed by atoms with Crippen LogP contribution in [-0.2, 0) is 6.61 Å². The Bertz CT molecular complexity index is 954. The summed E-state index contributed by atoms with van der Waals surface area (Å²) >= 11 is 0. The van der Waals surface area contributed by atoms with Crippen molar-refractivity contribution >= 4 is 17.3 Å². The lowest BCUT2D eigenvalue weighted by molar-refractivity contribution is 0.0949. The molecule has 4 rings (SSSR count). The fourth-order valence-corrected chi connectivity index (χ4v) is 3.45. The van der Waals surface area contributed by atoms with E-state index in [9.17, 15) is 4.79 Å². The fourth-order valence-electron chi connectivity index (χ4n) is 3.45. The standard InChI is InChI=1S/C25H27N3O2/c29-25(27-16-14-19-5-3-6-19)20-7-4-9-22(17-20)28-21-10-12-24(13-11-21)30-18-23-8-1-2-15-26-23/h1-2,4,7-13,15,17,19,28H,3,5-6,14,16,18H2,(H,27,29). The molecule has 0 unspecified atom stereocenters. The number of nitrogens with one attached hydrogen (secondary N) is 2. The first-order chi connectivity index (χ1) is 14.8. The molecule has 5 heteroatoms. The summed E-state index contributed by atoms with van der Waals surface area (Å²) in [5.74, 6) is 1.57. The second-order valence-corrected chi connectivity index (χ2v) is 7.68. The van der Waals surface area contributed by atoms with E-state index in [-0.39, 0.29) is 5.91 Å². The average molecular weight is 402 g/mol. The van der Waals surface area contributed by atoms with Crippen molar-refractivity contribution in [3.8, 4) is 5.75 Å². The smallest absolute Gasteiger partial charge is 0.251 e. The Morgan fingerprint density at radius 1 is 1.00 bits per heavy atom. The van der Waals surface area contributed by atoms with E-state index < -0.39 is 0 Å². The number of benzene rings is 2. The zero-order chi connectivity index (χ0) is 20.6. The zero-order valence-electron chi connectivity index (χ0n) is 17.0. The molecule has 2 N–H and O–H groups in total. The maximum Gasteiger partial charge on any atom is 0.251 e. The number of ether oxygens (including phenoxy) is 1. The molecule has 3 aromatic rings. The number of rotatable bonds is 9. The first-order valence-electron chi connectivity index (χ1n) is 10.5. The predicted octanol–water partition coefficient (Wildman–Crippen LogP) is 5.32. The summed E-state index contributed by atoms with van der Waals surface area (Å²) < 4.78 is 5.77. The van der Waals surface area contributed by atoms with Gasteiger partial charge >= 0.3 is 0 Å². The maximum atomic E-state index is 12.4. The predicted molar refractivity (Wildman–Crippen MR) is 119 cm³/mol. The lowest BCUT2D eigenvalue weighted by atomic mass is 9.83. The van der Waals surface area contributed by atoms with Gasteiger partial charge in [0.1, 0.15) is 12.4 Å². The SMILES string of the molecule is O=C(NCCC1CCC1)c1cccc(Nc2ccc(OCc3ccccn3)cc2)c1. The minimum absolute atomic E-state index is 0.0174. The molecule has 30 heavy (non-hydrogen) atoms. The molecule has 2 aromatic carbocycles. The van der Waals surface area contributed by atoms with Crippen LogP contribution in [0.15, 0.2) is 72.9 Å². The molecule has 0 spiro atoms. The first kappa shape index (κ1) is 20.0. The quantitative estimate of drug-likeness (QED) is 0.509. The van der Waals surface area contributed by atoms with Gasteiger partial charge in [-0.25, -0.2) is 0 Å². The van der Waals surface area contributed by atoms with Gasteiger partial charge in [-0.1, -0.05) is 31.4 Å². The third kappa shape index (κ3) is 5.60. The number of carbonyl (C=O) groups is 1. The van der Waals surface area contributed by atoms with Crippen LogP contribution in [0.5, 0.6) is 5.75 Å². The molecule has 1 aliphatic rings. The summed E-state index contributed by atoms with van der Waals surface area (Å²) in [6.07, 6.45) is 6.79. The van der Waals surface area contributed by atoms with E-state index >= 15 is 0 Å². The average Bonchev–Trinajstić information content (AvgIpc) is 2.76. The van der Waals surface area contributed by atoms with Gasteiger partial charge in [-0.2, -0.15) is 0 Å². The van der Waals surface area contributed by atoms with Gasteiger partial charge in [0.15, 0.2) is 0 Å². The number of nitrogens with zero attached hydrogens (tertiary/aromatic N) is 1. The van der Waals surface area contributed by atoms with Crippen molar-refractivity contribution in [2.45, 2.75) is 32.3 Å². The molecule has 0 aliphatic heterocycles. The van der Waals surface area contributed by atoms with Crippen LogP contribution < -0.4 is 15.4 Å². The van der Waals surface area contributed by atoms with Crippen molar-refractivity contribution < 1.29 is 9.53 Å². The number of hydrogen-bond donors (Lipinski definition) is 2. The van der Waals surface area contributed by atoms with Crippen molar-refractivity contribution in [1.82, 2.24) is 10.3 Å². The molecule has 1 saturated carbocycles. The van der Waals surface area contributed by atoms with Gasteiger partial charge in [0.25, 0.3) is 5.91 Å². The maximum absolute atomic E-state index is 12.4. The Morgan fingerprint density at radius 3 is 2.60 bits per heavy atom. The summed E-state index contributed by atoms with van der Waals surface area (Å²) in [6, 6.07) is 21.1. The largest absolute Gasteiger partial charge is 0.487 e. The van der Waals surface area contributed by atoms with Crippen molar-refractivity contribution in [2.75, 3.05) is 11.9 Å². The number of hydrogen-bond acceptors (Lipinski definition) is 4. The molecule has 1 amide bonds. The van der Waals surface area contributed by atoms with E-state index in [2.05, 4.69) is 15.6 Å². The van der Waals surface area contributed by atoms with Gasteiger partial charge < -0.3 is 15.4 Å². The number of amides is 1. The van der Waals surface area contributed by atoms with Crippen LogP contribution in [0.25, 0.3) is 0 Å². The molecule has 5 nitrogen and oxygen atoms in total.